The Morgan fingerprint density at radius 1 is 1.33 bits per heavy atom. The molecule has 0 unspecified atom stereocenters. The van der Waals surface area contributed by atoms with E-state index in [4.69, 9.17) is 0 Å². The van der Waals surface area contributed by atoms with Gasteiger partial charge in [0.1, 0.15) is 5.82 Å². The minimum absolute atomic E-state index is 0.188. The smallest absolute Gasteiger partial charge is 0.336 e. The lowest BCUT2D eigenvalue weighted by atomic mass is 10.1. The summed E-state index contributed by atoms with van der Waals surface area (Å²) in [5, 5.41) is 0. The van der Waals surface area contributed by atoms with Gasteiger partial charge in [0.15, 0.2) is 0 Å². The summed E-state index contributed by atoms with van der Waals surface area (Å²) in [6.07, 6.45) is -4.81. The number of hydrogen-bond donors (Lipinski definition) is 0. The molecular weight excluding hydrogens is 306 g/mol. The van der Waals surface area contributed by atoms with Gasteiger partial charge in [-0.05, 0) is 26.0 Å². The van der Waals surface area contributed by atoms with Crippen molar-refractivity contribution in [2.24, 2.45) is 0 Å². The van der Waals surface area contributed by atoms with Crippen LogP contribution >= 0.6 is 11.8 Å². The molecule has 21 heavy (non-hydrogen) atoms. The lowest BCUT2D eigenvalue weighted by molar-refractivity contribution is -0.140. The van der Waals surface area contributed by atoms with Gasteiger partial charge in [-0.2, -0.15) is 24.9 Å². The summed E-state index contributed by atoms with van der Waals surface area (Å²) in [5.74, 6) is -1.50. The molecule has 1 fully saturated rings. The molecule has 1 aromatic carbocycles. The van der Waals surface area contributed by atoms with Crippen molar-refractivity contribution in [3.63, 3.8) is 0 Å². The van der Waals surface area contributed by atoms with Gasteiger partial charge < -0.3 is 4.90 Å². The molecule has 0 aromatic heterocycles. The number of thioether (sulfide) groups is 1. The number of benzene rings is 1. The molecule has 1 heterocycles. The first kappa shape index (κ1) is 16.1. The third kappa shape index (κ3) is 3.51. The lowest BCUT2D eigenvalue weighted by Crippen LogP contribution is -2.46. The quantitative estimate of drug-likeness (QED) is 0.733. The number of nitrogens with zero attached hydrogens (tertiary/aromatic N) is 1. The Morgan fingerprint density at radius 3 is 2.57 bits per heavy atom. The van der Waals surface area contributed by atoms with Gasteiger partial charge in [0.2, 0.25) is 0 Å². The van der Waals surface area contributed by atoms with E-state index in [0.29, 0.717) is 24.9 Å². The maximum absolute atomic E-state index is 14.0. The van der Waals surface area contributed by atoms with Crippen LogP contribution in [-0.4, -0.2) is 34.4 Å². The third-order valence-electron chi connectivity index (χ3n) is 3.25. The Labute approximate surface area is 124 Å². The van der Waals surface area contributed by atoms with Crippen molar-refractivity contribution in [2.75, 3.05) is 18.8 Å². The molecule has 116 valence electrons. The normalized spacial score (nSPS) is 18.7. The van der Waals surface area contributed by atoms with Crippen molar-refractivity contribution in [1.82, 2.24) is 4.90 Å². The topological polar surface area (TPSA) is 20.3 Å². The number of alkyl halides is 3. The maximum Gasteiger partial charge on any atom is 0.419 e. The Bertz CT molecular complexity index is 556. The average molecular weight is 321 g/mol. The van der Waals surface area contributed by atoms with Crippen LogP contribution in [0.4, 0.5) is 17.6 Å². The van der Waals surface area contributed by atoms with E-state index in [2.05, 4.69) is 0 Å². The summed E-state index contributed by atoms with van der Waals surface area (Å²) in [5.41, 5.74) is -1.92. The van der Waals surface area contributed by atoms with Crippen molar-refractivity contribution in [3.05, 3.63) is 35.1 Å². The van der Waals surface area contributed by atoms with E-state index in [1.165, 1.54) is 4.90 Å². The van der Waals surface area contributed by atoms with Crippen LogP contribution in [0.15, 0.2) is 18.2 Å². The zero-order valence-corrected chi connectivity index (χ0v) is 12.4. The Kier molecular flexibility index (Phi) is 4.24. The van der Waals surface area contributed by atoms with Crippen LogP contribution in [0.2, 0.25) is 0 Å². The van der Waals surface area contributed by atoms with Crippen LogP contribution in [-0.2, 0) is 6.18 Å². The number of rotatable bonds is 1. The van der Waals surface area contributed by atoms with Crippen LogP contribution in [0, 0.1) is 5.82 Å². The molecule has 2 nitrogen and oxygen atoms in total. The highest BCUT2D eigenvalue weighted by molar-refractivity contribution is 8.00. The fourth-order valence-electron chi connectivity index (χ4n) is 2.28. The van der Waals surface area contributed by atoms with Gasteiger partial charge in [0, 0.05) is 23.6 Å². The van der Waals surface area contributed by atoms with E-state index < -0.39 is 29.0 Å². The number of hydrogen-bond acceptors (Lipinski definition) is 2. The number of carbonyl (C=O) groups excluding carboxylic acids is 1. The van der Waals surface area contributed by atoms with Crippen LogP contribution in [0.3, 0.4) is 0 Å². The Hall–Kier alpha value is -1.24. The van der Waals surface area contributed by atoms with Crippen molar-refractivity contribution in [3.8, 4) is 0 Å². The first-order valence-corrected chi connectivity index (χ1v) is 7.39. The first-order valence-electron chi connectivity index (χ1n) is 6.41. The molecule has 0 N–H and O–H groups in total. The molecule has 0 bridgehead atoms. The van der Waals surface area contributed by atoms with Crippen molar-refractivity contribution < 1.29 is 22.4 Å². The molecule has 1 aromatic rings. The van der Waals surface area contributed by atoms with Crippen molar-refractivity contribution in [1.29, 1.82) is 0 Å². The van der Waals surface area contributed by atoms with Gasteiger partial charge in [-0.1, -0.05) is 6.07 Å². The van der Waals surface area contributed by atoms with Crippen molar-refractivity contribution in [2.45, 2.75) is 24.8 Å². The predicted octanol–water partition coefficient (Wildman–Crippen LogP) is 3.81. The van der Waals surface area contributed by atoms with E-state index in [1.54, 1.807) is 11.8 Å². The van der Waals surface area contributed by atoms with Gasteiger partial charge in [-0.3, -0.25) is 4.79 Å². The SMILES string of the molecule is CC1(C)CN(C(=O)c2cccc(C(F)(F)F)c2F)CCS1. The Morgan fingerprint density at radius 2 is 2.00 bits per heavy atom. The number of halogens is 4. The average Bonchev–Trinajstić information content (AvgIpc) is 2.35. The molecule has 1 saturated heterocycles. The molecule has 1 aliphatic heterocycles. The zero-order chi connectivity index (χ0) is 15.8. The second-order valence-corrected chi connectivity index (χ2v) is 7.30. The summed E-state index contributed by atoms with van der Waals surface area (Å²) in [4.78, 5) is 13.7. The molecule has 7 heteroatoms. The summed E-state index contributed by atoms with van der Waals surface area (Å²) in [7, 11) is 0. The van der Waals surface area contributed by atoms with Crippen LogP contribution in [0.25, 0.3) is 0 Å². The fourth-order valence-corrected chi connectivity index (χ4v) is 3.39. The van der Waals surface area contributed by atoms with E-state index >= 15 is 0 Å². The summed E-state index contributed by atoms with van der Waals surface area (Å²) in [6.45, 7) is 4.67. The van der Waals surface area contributed by atoms with E-state index in [-0.39, 0.29) is 4.75 Å². The van der Waals surface area contributed by atoms with E-state index in [1.807, 2.05) is 13.8 Å². The van der Waals surface area contributed by atoms with Crippen molar-refractivity contribution >= 4 is 17.7 Å². The molecule has 1 amide bonds. The third-order valence-corrected chi connectivity index (χ3v) is 4.54. The molecule has 0 atom stereocenters. The Balaban J connectivity index is 2.32. The van der Waals surface area contributed by atoms with Crippen LogP contribution in [0.5, 0.6) is 0 Å². The minimum Gasteiger partial charge on any atom is -0.336 e. The minimum atomic E-state index is -4.81. The highest BCUT2D eigenvalue weighted by Gasteiger charge is 2.37. The highest BCUT2D eigenvalue weighted by atomic mass is 32.2. The summed E-state index contributed by atoms with van der Waals surface area (Å²) in [6, 6.07) is 2.80. The van der Waals surface area contributed by atoms with E-state index in [0.717, 1.165) is 12.1 Å². The molecule has 0 radical (unpaired) electrons. The first-order chi connectivity index (χ1) is 9.62. The summed E-state index contributed by atoms with van der Waals surface area (Å²) < 4.78 is 51.9. The lowest BCUT2D eigenvalue weighted by Gasteiger charge is -2.37. The second kappa shape index (κ2) is 5.51. The molecule has 2 rings (SSSR count). The standard InChI is InChI=1S/C14H15F4NOS/c1-13(2)8-19(6-7-21-13)12(20)9-4-3-5-10(11(9)15)14(16,17)18/h3-5H,6-8H2,1-2H3. The second-order valence-electron chi connectivity index (χ2n) is 5.50. The van der Waals surface area contributed by atoms with Gasteiger partial charge in [0.05, 0.1) is 11.1 Å². The highest BCUT2D eigenvalue weighted by Crippen LogP contribution is 2.34. The number of carbonyl (C=O) groups is 1. The molecular formula is C14H15F4NOS. The molecule has 0 spiro atoms. The monoisotopic (exact) mass is 321 g/mol. The molecule has 0 aliphatic carbocycles. The molecule has 0 saturated carbocycles. The largest absolute Gasteiger partial charge is 0.419 e. The van der Waals surface area contributed by atoms with Gasteiger partial charge in [-0.25, -0.2) is 4.39 Å². The zero-order valence-electron chi connectivity index (χ0n) is 11.6. The van der Waals surface area contributed by atoms with Gasteiger partial charge >= 0.3 is 6.18 Å². The maximum atomic E-state index is 14.0. The van der Waals surface area contributed by atoms with Gasteiger partial charge in [0.25, 0.3) is 5.91 Å². The van der Waals surface area contributed by atoms with Crippen LogP contribution in [0.1, 0.15) is 29.8 Å². The summed E-state index contributed by atoms with van der Waals surface area (Å²) >= 11 is 1.68. The fraction of sp³-hybridized carbons (Fsp3) is 0.500. The predicted molar refractivity (Wildman–Crippen MR) is 73.8 cm³/mol. The molecule has 1 aliphatic rings. The van der Waals surface area contributed by atoms with Gasteiger partial charge in [-0.15, -0.1) is 0 Å². The number of amides is 1. The van der Waals surface area contributed by atoms with E-state index in [9.17, 15) is 22.4 Å². The van der Waals surface area contributed by atoms with Crippen LogP contribution < -0.4 is 0 Å².